The van der Waals surface area contributed by atoms with E-state index in [0.717, 1.165) is 23.8 Å². The molecule has 1 saturated carbocycles. The summed E-state index contributed by atoms with van der Waals surface area (Å²) in [6.45, 7) is 0. The van der Waals surface area contributed by atoms with Crippen molar-refractivity contribution in [1.82, 2.24) is 10.1 Å². The lowest BCUT2D eigenvalue weighted by molar-refractivity contribution is 0.343. The number of rotatable bonds is 3. The van der Waals surface area contributed by atoms with Gasteiger partial charge in [-0.25, -0.2) is 0 Å². The topological polar surface area (TPSA) is 78.1 Å². The first-order valence-electron chi connectivity index (χ1n) is 6.39. The minimum Gasteiger partial charge on any atom is -0.453 e. The van der Waals surface area contributed by atoms with Gasteiger partial charge in [0.15, 0.2) is 5.76 Å². The molecule has 1 atom stereocenters. The third-order valence-corrected chi connectivity index (χ3v) is 3.50. The second-order valence-corrected chi connectivity index (χ2v) is 4.97. The molecule has 2 aromatic heterocycles. The molecule has 1 aromatic carbocycles. The zero-order valence-electron chi connectivity index (χ0n) is 10.2. The Morgan fingerprint density at radius 3 is 2.89 bits per heavy atom. The van der Waals surface area contributed by atoms with E-state index in [1.165, 1.54) is 0 Å². The highest BCUT2D eigenvalue weighted by atomic mass is 16.5. The van der Waals surface area contributed by atoms with E-state index in [0.29, 0.717) is 23.4 Å². The van der Waals surface area contributed by atoms with Gasteiger partial charge in [-0.3, -0.25) is 0 Å². The first-order valence-corrected chi connectivity index (χ1v) is 6.39. The van der Waals surface area contributed by atoms with E-state index in [1.807, 2.05) is 30.3 Å². The third kappa shape index (κ3) is 1.82. The Morgan fingerprint density at radius 2 is 2.11 bits per heavy atom. The second kappa shape index (κ2) is 3.93. The summed E-state index contributed by atoms with van der Waals surface area (Å²) in [4.78, 5) is 4.34. The number of nitrogens with two attached hydrogens (primary N) is 1. The highest BCUT2D eigenvalue weighted by Gasteiger charge is 2.33. The number of benzene rings is 1. The van der Waals surface area contributed by atoms with Crippen LogP contribution in [0.25, 0.3) is 22.6 Å². The van der Waals surface area contributed by atoms with Gasteiger partial charge in [0.25, 0.3) is 0 Å². The van der Waals surface area contributed by atoms with E-state index in [2.05, 4.69) is 10.1 Å². The number of aromatic nitrogens is 2. The molecule has 5 heteroatoms. The van der Waals surface area contributed by atoms with Gasteiger partial charge in [-0.15, -0.1) is 0 Å². The lowest BCUT2D eigenvalue weighted by Crippen LogP contribution is -2.12. The van der Waals surface area contributed by atoms with Gasteiger partial charge in [-0.05, 0) is 30.9 Å². The molecule has 0 aliphatic heterocycles. The van der Waals surface area contributed by atoms with Crippen molar-refractivity contribution in [1.29, 1.82) is 0 Å². The van der Waals surface area contributed by atoms with Crippen molar-refractivity contribution in [2.24, 2.45) is 11.7 Å². The summed E-state index contributed by atoms with van der Waals surface area (Å²) < 4.78 is 10.9. The van der Waals surface area contributed by atoms with Crippen molar-refractivity contribution in [3.63, 3.8) is 0 Å². The Bertz CT molecular complexity index is 694. The Kier molecular flexibility index (Phi) is 2.22. The fourth-order valence-electron chi connectivity index (χ4n) is 2.22. The molecule has 0 amide bonds. The third-order valence-electron chi connectivity index (χ3n) is 3.50. The van der Waals surface area contributed by atoms with E-state index < -0.39 is 0 Å². The highest BCUT2D eigenvalue weighted by Crippen LogP contribution is 2.39. The summed E-state index contributed by atoms with van der Waals surface area (Å²) in [5.74, 6) is 2.06. The quantitative estimate of drug-likeness (QED) is 0.778. The predicted octanol–water partition coefficient (Wildman–Crippen LogP) is 2.89. The van der Waals surface area contributed by atoms with Crippen molar-refractivity contribution in [3.05, 3.63) is 36.2 Å². The molecule has 5 nitrogen and oxygen atoms in total. The number of hydrogen-bond donors (Lipinski definition) is 1. The van der Waals surface area contributed by atoms with Crippen molar-refractivity contribution < 1.29 is 8.94 Å². The van der Waals surface area contributed by atoms with E-state index in [1.54, 1.807) is 0 Å². The fraction of sp³-hybridized carbons (Fsp3) is 0.286. The minimum absolute atomic E-state index is 0.148. The predicted molar refractivity (Wildman–Crippen MR) is 69.2 cm³/mol. The fourth-order valence-corrected chi connectivity index (χ4v) is 2.22. The number of nitrogens with zero attached hydrogens (tertiary/aromatic N) is 2. The van der Waals surface area contributed by atoms with Crippen LogP contribution in [0.5, 0.6) is 0 Å². The molecule has 19 heavy (non-hydrogen) atoms. The van der Waals surface area contributed by atoms with Crippen molar-refractivity contribution >= 4 is 11.0 Å². The molecule has 0 radical (unpaired) electrons. The maximum Gasteiger partial charge on any atom is 0.244 e. The monoisotopic (exact) mass is 255 g/mol. The van der Waals surface area contributed by atoms with Gasteiger partial charge in [0.1, 0.15) is 5.58 Å². The maximum atomic E-state index is 6.04. The van der Waals surface area contributed by atoms with Crippen LogP contribution in [-0.2, 0) is 0 Å². The molecule has 0 saturated heterocycles. The van der Waals surface area contributed by atoms with Gasteiger partial charge < -0.3 is 14.7 Å². The summed E-state index contributed by atoms with van der Waals surface area (Å²) in [7, 11) is 0. The number of para-hydroxylation sites is 1. The molecule has 0 spiro atoms. The lowest BCUT2D eigenvalue weighted by atomic mass is 10.2. The summed E-state index contributed by atoms with van der Waals surface area (Å²) >= 11 is 0. The Labute approximate surface area is 109 Å². The van der Waals surface area contributed by atoms with Gasteiger partial charge in [-0.2, -0.15) is 4.98 Å². The Balaban J connectivity index is 1.71. The molecular formula is C14H13N3O2. The van der Waals surface area contributed by atoms with Crippen molar-refractivity contribution in [3.8, 4) is 11.6 Å². The first-order chi connectivity index (χ1) is 9.31. The summed E-state index contributed by atoms with van der Waals surface area (Å²) in [5.41, 5.74) is 6.86. The summed E-state index contributed by atoms with van der Waals surface area (Å²) in [5, 5.41) is 4.98. The van der Waals surface area contributed by atoms with E-state index in [4.69, 9.17) is 14.7 Å². The standard InChI is InChI=1S/C14H13N3O2/c15-12(8-5-6-8)14-16-13(17-19-14)11-7-9-3-1-2-4-10(9)18-11/h1-4,7-8,12H,5-6,15H2. The van der Waals surface area contributed by atoms with Crippen LogP contribution in [0.15, 0.2) is 39.3 Å². The minimum atomic E-state index is -0.148. The van der Waals surface area contributed by atoms with E-state index >= 15 is 0 Å². The molecule has 2 heterocycles. The van der Waals surface area contributed by atoms with Crippen molar-refractivity contribution in [2.75, 3.05) is 0 Å². The smallest absolute Gasteiger partial charge is 0.244 e. The van der Waals surface area contributed by atoms with Crippen molar-refractivity contribution in [2.45, 2.75) is 18.9 Å². The Morgan fingerprint density at radius 1 is 1.26 bits per heavy atom. The molecule has 0 bridgehead atoms. The maximum absolute atomic E-state index is 6.04. The second-order valence-electron chi connectivity index (χ2n) is 4.97. The van der Waals surface area contributed by atoms with Crippen LogP contribution in [0.1, 0.15) is 24.8 Å². The average Bonchev–Trinajstić information content (AvgIpc) is 3.01. The van der Waals surface area contributed by atoms with Crippen LogP contribution < -0.4 is 5.73 Å². The van der Waals surface area contributed by atoms with Crippen LogP contribution >= 0.6 is 0 Å². The van der Waals surface area contributed by atoms with Gasteiger partial charge in [0.05, 0.1) is 6.04 Å². The van der Waals surface area contributed by atoms with E-state index in [-0.39, 0.29) is 6.04 Å². The first kappa shape index (κ1) is 10.8. The summed E-state index contributed by atoms with van der Waals surface area (Å²) in [6.07, 6.45) is 2.28. The molecule has 2 N–H and O–H groups in total. The molecule has 96 valence electrons. The molecule has 1 unspecified atom stereocenters. The van der Waals surface area contributed by atoms with Crippen LogP contribution in [0.4, 0.5) is 0 Å². The molecule has 4 rings (SSSR count). The number of hydrogen-bond acceptors (Lipinski definition) is 5. The van der Waals surface area contributed by atoms with Gasteiger partial charge in [-0.1, -0.05) is 23.4 Å². The van der Waals surface area contributed by atoms with Crippen LogP contribution in [0.2, 0.25) is 0 Å². The zero-order valence-corrected chi connectivity index (χ0v) is 10.2. The van der Waals surface area contributed by atoms with Gasteiger partial charge >= 0.3 is 0 Å². The average molecular weight is 255 g/mol. The van der Waals surface area contributed by atoms with Crippen LogP contribution in [0, 0.1) is 5.92 Å². The van der Waals surface area contributed by atoms with Crippen LogP contribution in [-0.4, -0.2) is 10.1 Å². The molecular weight excluding hydrogens is 242 g/mol. The summed E-state index contributed by atoms with van der Waals surface area (Å²) in [6, 6.07) is 9.56. The largest absolute Gasteiger partial charge is 0.453 e. The Hall–Kier alpha value is -2.14. The number of fused-ring (bicyclic) bond motifs is 1. The van der Waals surface area contributed by atoms with Gasteiger partial charge in [0.2, 0.25) is 11.7 Å². The number of furan rings is 1. The molecule has 1 aliphatic carbocycles. The SMILES string of the molecule is NC(c1nc(-c2cc3ccccc3o2)no1)C1CC1. The molecule has 1 fully saturated rings. The van der Waals surface area contributed by atoms with Gasteiger partial charge in [0, 0.05) is 5.39 Å². The van der Waals surface area contributed by atoms with Crippen LogP contribution in [0.3, 0.4) is 0 Å². The normalized spacial score (nSPS) is 16.9. The molecule has 3 aromatic rings. The molecule has 1 aliphatic rings. The lowest BCUT2D eigenvalue weighted by Gasteiger charge is -2.01. The zero-order chi connectivity index (χ0) is 12.8. The highest BCUT2D eigenvalue weighted by molar-refractivity contribution is 5.81. The van der Waals surface area contributed by atoms with E-state index in [9.17, 15) is 0 Å².